The second kappa shape index (κ2) is 5.58. The number of carbonyl (C=O) groups is 1. The maximum absolute atomic E-state index is 11.5. The molecule has 0 spiro atoms. The van der Waals surface area contributed by atoms with Crippen LogP contribution in [-0.4, -0.2) is 40.4 Å². The molecule has 0 aromatic rings. The molecule has 0 unspecified atom stereocenters. The van der Waals surface area contributed by atoms with E-state index in [0.29, 0.717) is 0 Å². The van der Waals surface area contributed by atoms with Crippen molar-refractivity contribution in [3.05, 3.63) is 10.9 Å². The van der Waals surface area contributed by atoms with E-state index < -0.39 is 20.4 Å². The first-order valence-electron chi connectivity index (χ1n) is 3.95. The van der Waals surface area contributed by atoms with Gasteiger partial charge in [-0.2, -0.15) is 0 Å². The Hall–Kier alpha value is -0.112. The molecule has 0 atom stereocenters. The van der Waals surface area contributed by atoms with Crippen LogP contribution in [0.1, 0.15) is 6.92 Å². The molecule has 76 valence electrons. The van der Waals surface area contributed by atoms with E-state index in [1.165, 1.54) is 14.2 Å². The van der Waals surface area contributed by atoms with E-state index in [1.54, 1.807) is 13.0 Å². The fourth-order valence-corrected chi connectivity index (χ4v) is 1.56. The Bertz CT molecular complexity index is 195. The summed E-state index contributed by atoms with van der Waals surface area (Å²) in [6.45, 7) is 1.61. The number of ketones is 1. The van der Waals surface area contributed by atoms with Crippen molar-refractivity contribution >= 4 is 20.4 Å². The van der Waals surface area contributed by atoms with Gasteiger partial charge in [0.15, 0.2) is 0 Å². The van der Waals surface area contributed by atoms with Crippen molar-refractivity contribution in [1.82, 2.24) is 0 Å². The van der Waals surface area contributed by atoms with Crippen molar-refractivity contribution in [2.75, 3.05) is 14.2 Å². The van der Waals surface area contributed by atoms with Gasteiger partial charge in [-0.1, -0.05) is 0 Å². The average Bonchev–Trinajstić information content (AvgIpc) is 2.12. The molecule has 0 saturated heterocycles. The molecule has 0 bridgehead atoms. The number of ether oxygens (including phenoxy) is 2. The Kier molecular flexibility index (Phi) is 5.54. The predicted molar refractivity (Wildman–Crippen MR) is 54.1 cm³/mol. The van der Waals surface area contributed by atoms with Gasteiger partial charge in [-0.15, -0.1) is 0 Å². The van der Waals surface area contributed by atoms with Gasteiger partial charge in [0.25, 0.3) is 0 Å². The zero-order chi connectivity index (χ0) is 10.5. The van der Waals surface area contributed by atoms with E-state index >= 15 is 0 Å². The van der Waals surface area contributed by atoms with Gasteiger partial charge >= 0.3 is 84.0 Å². The Labute approximate surface area is 84.4 Å². The monoisotopic (exact) mass is 248 g/mol. The SMILES string of the molecule is COC(C)(OC)C(=O)C=C[As](C)C. The summed E-state index contributed by atoms with van der Waals surface area (Å²) in [5, 5.41) is 0. The summed E-state index contributed by atoms with van der Waals surface area (Å²) in [7, 11) is 2.92. The summed E-state index contributed by atoms with van der Waals surface area (Å²) >= 11 is -0.892. The molecular formula is C9H17AsO3. The van der Waals surface area contributed by atoms with Gasteiger partial charge in [-0.05, 0) is 0 Å². The van der Waals surface area contributed by atoms with Crippen molar-refractivity contribution < 1.29 is 14.3 Å². The summed E-state index contributed by atoms with van der Waals surface area (Å²) in [4.78, 5) is 13.5. The zero-order valence-corrected chi connectivity index (χ0v) is 10.7. The van der Waals surface area contributed by atoms with Crippen molar-refractivity contribution in [1.29, 1.82) is 0 Å². The van der Waals surface area contributed by atoms with Gasteiger partial charge in [0.05, 0.1) is 0 Å². The van der Waals surface area contributed by atoms with Gasteiger partial charge in [-0.25, -0.2) is 0 Å². The average molecular weight is 248 g/mol. The molecule has 0 N–H and O–H groups in total. The van der Waals surface area contributed by atoms with Gasteiger partial charge in [0.2, 0.25) is 0 Å². The Morgan fingerprint density at radius 2 is 1.77 bits per heavy atom. The van der Waals surface area contributed by atoms with E-state index in [0.717, 1.165) is 0 Å². The second-order valence-electron chi connectivity index (χ2n) is 3.00. The standard InChI is InChI=1S/C9H17AsO3/c1-9(12-4,13-5)8(11)6-7-10(2)3/h6-7H,1-5H3. The summed E-state index contributed by atoms with van der Waals surface area (Å²) in [5.74, 6) is -1.26. The number of hydrogen-bond donors (Lipinski definition) is 0. The van der Waals surface area contributed by atoms with E-state index in [4.69, 9.17) is 9.47 Å². The van der Waals surface area contributed by atoms with Crippen LogP contribution >= 0.6 is 0 Å². The van der Waals surface area contributed by atoms with Crippen molar-refractivity contribution in [2.45, 2.75) is 24.1 Å². The molecule has 13 heavy (non-hydrogen) atoms. The predicted octanol–water partition coefficient (Wildman–Crippen LogP) is 1.41. The van der Waals surface area contributed by atoms with Crippen LogP contribution < -0.4 is 0 Å². The van der Waals surface area contributed by atoms with Crippen LogP contribution in [0.15, 0.2) is 10.9 Å². The first kappa shape index (κ1) is 12.9. The molecule has 0 aromatic carbocycles. The molecule has 0 saturated carbocycles. The summed E-state index contributed by atoms with van der Waals surface area (Å²) in [6.07, 6.45) is 1.56. The Balaban J connectivity index is 4.40. The van der Waals surface area contributed by atoms with Crippen molar-refractivity contribution in [2.24, 2.45) is 0 Å². The molecule has 0 heterocycles. The summed E-state index contributed by atoms with van der Waals surface area (Å²) < 4.78 is 9.95. The molecule has 0 fully saturated rings. The number of hydrogen-bond acceptors (Lipinski definition) is 3. The number of rotatable bonds is 5. The molecular weight excluding hydrogens is 231 g/mol. The van der Waals surface area contributed by atoms with Crippen molar-refractivity contribution in [3.8, 4) is 0 Å². The number of methoxy groups -OCH3 is 2. The van der Waals surface area contributed by atoms with E-state index in [9.17, 15) is 4.79 Å². The molecule has 0 aliphatic carbocycles. The minimum absolute atomic E-state index is 0.138. The van der Waals surface area contributed by atoms with Crippen LogP contribution in [-0.2, 0) is 14.3 Å². The molecule has 0 rings (SSSR count). The molecule has 4 heteroatoms. The molecule has 0 aromatic heterocycles. The summed E-state index contributed by atoms with van der Waals surface area (Å²) in [5.41, 5.74) is 4.29. The fraction of sp³-hybridized carbons (Fsp3) is 0.667. The summed E-state index contributed by atoms with van der Waals surface area (Å²) in [6, 6.07) is 0. The van der Waals surface area contributed by atoms with Gasteiger partial charge in [0.1, 0.15) is 0 Å². The van der Waals surface area contributed by atoms with Crippen LogP contribution in [0, 0.1) is 0 Å². The number of carbonyl (C=O) groups excluding carboxylic acids is 1. The molecule has 0 aliphatic rings. The third kappa shape index (κ3) is 4.08. The van der Waals surface area contributed by atoms with E-state index in [2.05, 4.69) is 11.4 Å². The minimum atomic E-state index is -1.12. The second-order valence-corrected chi connectivity index (χ2v) is 7.67. The molecule has 0 amide bonds. The Morgan fingerprint density at radius 3 is 2.08 bits per heavy atom. The van der Waals surface area contributed by atoms with Crippen LogP contribution in [0.5, 0.6) is 0 Å². The normalized spacial score (nSPS) is 12.8. The van der Waals surface area contributed by atoms with Crippen LogP contribution in [0.3, 0.4) is 0 Å². The van der Waals surface area contributed by atoms with Crippen molar-refractivity contribution in [3.63, 3.8) is 0 Å². The van der Waals surface area contributed by atoms with Gasteiger partial charge in [-0.3, -0.25) is 0 Å². The molecule has 0 aliphatic heterocycles. The first-order valence-corrected chi connectivity index (χ1v) is 8.79. The maximum atomic E-state index is 11.5. The van der Waals surface area contributed by atoms with Gasteiger partial charge in [0, 0.05) is 0 Å². The van der Waals surface area contributed by atoms with Crippen LogP contribution in [0.25, 0.3) is 0 Å². The quantitative estimate of drug-likeness (QED) is 0.419. The third-order valence-electron chi connectivity index (χ3n) is 1.75. The van der Waals surface area contributed by atoms with Crippen LogP contribution in [0.2, 0.25) is 11.4 Å². The fourth-order valence-electron chi connectivity index (χ4n) is 0.653. The third-order valence-corrected chi connectivity index (χ3v) is 3.31. The van der Waals surface area contributed by atoms with E-state index in [-0.39, 0.29) is 5.78 Å². The van der Waals surface area contributed by atoms with Gasteiger partial charge < -0.3 is 0 Å². The first-order chi connectivity index (χ1) is 5.96. The Morgan fingerprint density at radius 1 is 1.31 bits per heavy atom. The topological polar surface area (TPSA) is 35.5 Å². The molecule has 3 nitrogen and oxygen atoms in total. The molecule has 0 radical (unpaired) electrons. The zero-order valence-electron chi connectivity index (χ0n) is 8.83. The van der Waals surface area contributed by atoms with Crippen LogP contribution in [0.4, 0.5) is 0 Å². The van der Waals surface area contributed by atoms with E-state index in [1.807, 2.05) is 4.86 Å².